The van der Waals surface area contributed by atoms with Crippen molar-refractivity contribution in [1.29, 1.82) is 0 Å². The molecule has 1 saturated carbocycles. The number of rotatable bonds is 9. The molecule has 1 fully saturated rings. The third kappa shape index (κ3) is 5.31. The van der Waals surface area contributed by atoms with Gasteiger partial charge in [-0.25, -0.2) is 0 Å². The van der Waals surface area contributed by atoms with Crippen molar-refractivity contribution in [2.75, 3.05) is 26.3 Å². The summed E-state index contributed by atoms with van der Waals surface area (Å²) in [5.74, 6) is 0.860. The maximum atomic E-state index is 6.33. The molecule has 0 aliphatic heterocycles. The minimum absolute atomic E-state index is 0.309. The normalized spacial score (nSPS) is 18.2. The van der Waals surface area contributed by atoms with E-state index in [0.717, 1.165) is 38.6 Å². The maximum Gasteiger partial charge on any atom is 0.0507 e. The molecule has 0 radical (unpaired) electrons. The van der Waals surface area contributed by atoms with Gasteiger partial charge in [0.25, 0.3) is 0 Å². The van der Waals surface area contributed by atoms with Crippen LogP contribution in [0.3, 0.4) is 0 Å². The molecule has 3 N–H and O–H groups in total. The van der Waals surface area contributed by atoms with Gasteiger partial charge in [0, 0.05) is 19.8 Å². The van der Waals surface area contributed by atoms with Gasteiger partial charge in [-0.3, -0.25) is 0 Å². The van der Waals surface area contributed by atoms with Crippen LogP contribution in [-0.4, -0.2) is 26.3 Å². The van der Waals surface area contributed by atoms with E-state index in [1.54, 1.807) is 0 Å². The minimum Gasteiger partial charge on any atom is -0.381 e. The second kappa shape index (κ2) is 7.04. The average molecular weight is 262 g/mol. The van der Waals surface area contributed by atoms with Crippen LogP contribution in [0.5, 0.6) is 0 Å². The molecule has 1 aliphatic rings. The molecule has 0 saturated heterocycles. The molecule has 3 heteroatoms. The number of benzene rings is 1. The molecule has 0 aromatic heterocycles. The molecule has 19 heavy (non-hydrogen) atoms. The summed E-state index contributed by atoms with van der Waals surface area (Å²) in [5.41, 5.74) is 7.20. The van der Waals surface area contributed by atoms with Crippen molar-refractivity contribution < 1.29 is 4.74 Å². The number of nitrogens with two attached hydrogens (primary N) is 1. The summed E-state index contributed by atoms with van der Waals surface area (Å²) in [4.78, 5) is 0. The fourth-order valence-electron chi connectivity index (χ4n) is 2.10. The van der Waals surface area contributed by atoms with Crippen LogP contribution in [0.2, 0.25) is 0 Å². The fourth-order valence-corrected chi connectivity index (χ4v) is 2.10. The van der Waals surface area contributed by atoms with Crippen LogP contribution < -0.4 is 11.1 Å². The largest absolute Gasteiger partial charge is 0.381 e. The highest BCUT2D eigenvalue weighted by Crippen LogP contribution is 2.28. The van der Waals surface area contributed by atoms with Gasteiger partial charge < -0.3 is 15.8 Å². The van der Waals surface area contributed by atoms with Crippen molar-refractivity contribution in [3.8, 4) is 0 Å². The van der Waals surface area contributed by atoms with Gasteiger partial charge in [-0.15, -0.1) is 0 Å². The van der Waals surface area contributed by atoms with E-state index in [1.807, 2.05) is 18.2 Å². The first-order chi connectivity index (χ1) is 9.18. The minimum atomic E-state index is -0.309. The standard InChI is InChI=1S/C16H26N2O/c1-16(17,15-6-3-2-4-7-15)13-18-10-5-11-19-12-14-8-9-14/h2-4,6-7,14,18H,5,8-13,17H2,1H3. The third-order valence-electron chi connectivity index (χ3n) is 3.62. The molecule has 1 unspecified atom stereocenters. The zero-order valence-corrected chi connectivity index (χ0v) is 11.9. The molecular formula is C16H26N2O. The number of hydrogen-bond donors (Lipinski definition) is 2. The van der Waals surface area contributed by atoms with Gasteiger partial charge in [0.2, 0.25) is 0 Å². The summed E-state index contributed by atoms with van der Waals surface area (Å²) in [6.45, 7) is 5.64. The highest BCUT2D eigenvalue weighted by atomic mass is 16.5. The van der Waals surface area contributed by atoms with Crippen LogP contribution in [0.25, 0.3) is 0 Å². The summed E-state index contributed by atoms with van der Waals surface area (Å²) in [6.07, 6.45) is 3.78. The predicted molar refractivity (Wildman–Crippen MR) is 79.0 cm³/mol. The van der Waals surface area contributed by atoms with E-state index >= 15 is 0 Å². The summed E-state index contributed by atoms with van der Waals surface area (Å²) in [6, 6.07) is 10.3. The maximum absolute atomic E-state index is 6.33. The molecule has 3 nitrogen and oxygen atoms in total. The van der Waals surface area contributed by atoms with E-state index in [-0.39, 0.29) is 5.54 Å². The lowest BCUT2D eigenvalue weighted by Crippen LogP contribution is -2.43. The van der Waals surface area contributed by atoms with Gasteiger partial charge >= 0.3 is 0 Å². The van der Waals surface area contributed by atoms with Crippen LogP contribution >= 0.6 is 0 Å². The molecule has 0 heterocycles. The predicted octanol–water partition coefficient (Wildman–Crippen LogP) is 2.27. The van der Waals surface area contributed by atoms with Crippen molar-refractivity contribution >= 4 is 0 Å². The second-order valence-corrected chi connectivity index (χ2v) is 5.83. The third-order valence-corrected chi connectivity index (χ3v) is 3.62. The van der Waals surface area contributed by atoms with Crippen LogP contribution in [0.15, 0.2) is 30.3 Å². The smallest absolute Gasteiger partial charge is 0.0507 e. The van der Waals surface area contributed by atoms with Crippen LogP contribution in [-0.2, 0) is 10.3 Å². The SMILES string of the molecule is CC(N)(CNCCCOCC1CC1)c1ccccc1. The first-order valence-electron chi connectivity index (χ1n) is 7.31. The van der Waals surface area contributed by atoms with Crippen molar-refractivity contribution in [2.24, 2.45) is 11.7 Å². The summed E-state index contributed by atoms with van der Waals surface area (Å²) in [7, 11) is 0. The van der Waals surface area contributed by atoms with Gasteiger partial charge in [0.15, 0.2) is 0 Å². The summed E-state index contributed by atoms with van der Waals surface area (Å²) in [5, 5.41) is 3.42. The zero-order valence-electron chi connectivity index (χ0n) is 11.9. The first kappa shape index (κ1) is 14.5. The van der Waals surface area contributed by atoms with Gasteiger partial charge in [-0.1, -0.05) is 30.3 Å². The van der Waals surface area contributed by atoms with E-state index in [1.165, 1.54) is 18.4 Å². The van der Waals surface area contributed by atoms with Crippen molar-refractivity contribution in [2.45, 2.75) is 31.7 Å². The lowest BCUT2D eigenvalue weighted by molar-refractivity contribution is 0.122. The first-order valence-corrected chi connectivity index (χ1v) is 7.31. The molecule has 106 valence electrons. The number of ether oxygens (including phenoxy) is 1. The molecule has 0 amide bonds. The Bertz CT molecular complexity index is 360. The van der Waals surface area contributed by atoms with Crippen molar-refractivity contribution in [3.05, 3.63) is 35.9 Å². The van der Waals surface area contributed by atoms with E-state index in [0.29, 0.717) is 0 Å². The zero-order chi connectivity index (χ0) is 13.6. The van der Waals surface area contributed by atoms with Gasteiger partial charge in [-0.05, 0) is 44.2 Å². The Balaban J connectivity index is 1.56. The molecule has 0 bridgehead atoms. The Hall–Kier alpha value is -0.900. The van der Waals surface area contributed by atoms with E-state index in [2.05, 4.69) is 24.4 Å². The lowest BCUT2D eigenvalue weighted by atomic mass is 9.93. The van der Waals surface area contributed by atoms with E-state index in [9.17, 15) is 0 Å². The number of nitrogens with one attached hydrogen (secondary N) is 1. The van der Waals surface area contributed by atoms with Crippen molar-refractivity contribution in [3.63, 3.8) is 0 Å². The Morgan fingerprint density at radius 3 is 2.74 bits per heavy atom. The van der Waals surface area contributed by atoms with Crippen LogP contribution in [0.4, 0.5) is 0 Å². The topological polar surface area (TPSA) is 47.3 Å². The summed E-state index contributed by atoms with van der Waals surface area (Å²) >= 11 is 0. The number of hydrogen-bond acceptors (Lipinski definition) is 3. The lowest BCUT2D eigenvalue weighted by Gasteiger charge is -2.25. The average Bonchev–Trinajstić information content (AvgIpc) is 3.23. The van der Waals surface area contributed by atoms with E-state index < -0.39 is 0 Å². The monoisotopic (exact) mass is 262 g/mol. The molecule has 1 atom stereocenters. The quantitative estimate of drug-likeness (QED) is 0.671. The van der Waals surface area contributed by atoms with Gasteiger partial charge in [0.1, 0.15) is 0 Å². The highest BCUT2D eigenvalue weighted by Gasteiger charge is 2.21. The van der Waals surface area contributed by atoms with Crippen LogP contribution in [0.1, 0.15) is 31.7 Å². The molecule has 1 aliphatic carbocycles. The second-order valence-electron chi connectivity index (χ2n) is 5.83. The van der Waals surface area contributed by atoms with Crippen LogP contribution in [0, 0.1) is 5.92 Å². The molecule has 1 aromatic rings. The molecule has 2 rings (SSSR count). The Morgan fingerprint density at radius 1 is 1.32 bits per heavy atom. The Kier molecular flexibility index (Phi) is 5.37. The fraction of sp³-hybridized carbons (Fsp3) is 0.625. The Labute approximate surface area is 116 Å². The highest BCUT2D eigenvalue weighted by molar-refractivity contribution is 5.23. The van der Waals surface area contributed by atoms with E-state index in [4.69, 9.17) is 10.5 Å². The van der Waals surface area contributed by atoms with Crippen molar-refractivity contribution in [1.82, 2.24) is 5.32 Å². The molecule has 0 spiro atoms. The molecule has 1 aromatic carbocycles. The molecular weight excluding hydrogens is 236 g/mol. The van der Waals surface area contributed by atoms with Gasteiger partial charge in [0.05, 0.1) is 5.54 Å². The van der Waals surface area contributed by atoms with Gasteiger partial charge in [-0.2, -0.15) is 0 Å². The Morgan fingerprint density at radius 2 is 2.05 bits per heavy atom. The summed E-state index contributed by atoms with van der Waals surface area (Å²) < 4.78 is 5.60.